The third kappa shape index (κ3) is 3.54. The zero-order valence-corrected chi connectivity index (χ0v) is 13.4. The summed E-state index contributed by atoms with van der Waals surface area (Å²) in [7, 11) is 0. The Labute approximate surface area is 132 Å². The predicted molar refractivity (Wildman–Crippen MR) is 88.3 cm³/mol. The van der Waals surface area contributed by atoms with Crippen molar-refractivity contribution in [2.24, 2.45) is 11.8 Å². The van der Waals surface area contributed by atoms with Gasteiger partial charge in [-0.15, -0.1) is 0 Å². The lowest BCUT2D eigenvalue weighted by atomic mass is 9.75. The Morgan fingerprint density at radius 3 is 2.64 bits per heavy atom. The fourth-order valence-electron chi connectivity index (χ4n) is 3.79. The second kappa shape index (κ2) is 7.03. The van der Waals surface area contributed by atoms with Crippen LogP contribution in [-0.2, 0) is 0 Å². The van der Waals surface area contributed by atoms with Gasteiger partial charge in [0, 0.05) is 18.8 Å². The summed E-state index contributed by atoms with van der Waals surface area (Å²) in [4.78, 5) is 14.4. The van der Waals surface area contributed by atoms with Gasteiger partial charge >= 0.3 is 6.03 Å². The number of hydrogen-bond donors (Lipinski definition) is 1. The van der Waals surface area contributed by atoms with E-state index in [1.54, 1.807) is 0 Å². The highest BCUT2D eigenvalue weighted by atomic mass is 16.5. The van der Waals surface area contributed by atoms with Crippen LogP contribution in [0.4, 0.5) is 10.5 Å². The highest BCUT2D eigenvalue weighted by Crippen LogP contribution is 2.36. The molecule has 0 unspecified atom stereocenters. The Hall–Kier alpha value is -1.71. The number of piperidine rings is 1. The zero-order chi connectivity index (χ0) is 15.4. The number of nitrogens with one attached hydrogen (secondary N) is 1. The topological polar surface area (TPSA) is 41.6 Å². The van der Waals surface area contributed by atoms with Gasteiger partial charge in [0.1, 0.15) is 5.75 Å². The van der Waals surface area contributed by atoms with E-state index >= 15 is 0 Å². The molecule has 4 heteroatoms. The molecule has 4 nitrogen and oxygen atoms in total. The predicted octanol–water partition coefficient (Wildman–Crippen LogP) is 4.13. The molecule has 1 aromatic rings. The van der Waals surface area contributed by atoms with Crippen LogP contribution in [0, 0.1) is 11.8 Å². The standard InChI is InChI=1S/C18H26N2O2/c1-2-22-17-9-7-16(8-10-17)19-18(21)20-12-11-14-5-3-4-6-15(14)13-20/h7-10,14-15H,2-6,11-13H2,1H3,(H,19,21)/t14-,15-/m1/s1. The molecule has 2 aliphatic rings. The number of ether oxygens (including phenoxy) is 1. The van der Waals surface area contributed by atoms with Gasteiger partial charge in [-0.3, -0.25) is 0 Å². The van der Waals surface area contributed by atoms with Crippen molar-refractivity contribution in [3.8, 4) is 5.75 Å². The average Bonchev–Trinajstić information content (AvgIpc) is 2.56. The van der Waals surface area contributed by atoms with Gasteiger partial charge in [-0.1, -0.05) is 19.3 Å². The minimum absolute atomic E-state index is 0.0354. The summed E-state index contributed by atoms with van der Waals surface area (Å²) >= 11 is 0. The van der Waals surface area contributed by atoms with Crippen LogP contribution < -0.4 is 10.1 Å². The van der Waals surface area contributed by atoms with Crippen LogP contribution in [0.3, 0.4) is 0 Å². The molecule has 1 saturated heterocycles. The normalized spacial score (nSPS) is 24.5. The first-order valence-corrected chi connectivity index (χ1v) is 8.55. The Morgan fingerprint density at radius 1 is 1.18 bits per heavy atom. The molecule has 2 atom stereocenters. The molecule has 2 fully saturated rings. The van der Waals surface area contributed by atoms with Crippen molar-refractivity contribution in [3.63, 3.8) is 0 Å². The zero-order valence-electron chi connectivity index (χ0n) is 13.4. The average molecular weight is 302 g/mol. The molecule has 2 amide bonds. The lowest BCUT2D eigenvalue weighted by Crippen LogP contribution is -2.46. The number of hydrogen-bond acceptors (Lipinski definition) is 2. The summed E-state index contributed by atoms with van der Waals surface area (Å²) in [5.74, 6) is 2.40. The van der Waals surface area contributed by atoms with Crippen LogP contribution in [0.2, 0.25) is 0 Å². The van der Waals surface area contributed by atoms with Gasteiger partial charge in [0.15, 0.2) is 0 Å². The quantitative estimate of drug-likeness (QED) is 0.912. The van der Waals surface area contributed by atoms with E-state index in [1.807, 2.05) is 36.1 Å². The number of nitrogens with zero attached hydrogens (tertiary/aromatic N) is 1. The number of carbonyl (C=O) groups excluding carboxylic acids is 1. The van der Waals surface area contributed by atoms with E-state index in [2.05, 4.69) is 5.32 Å². The van der Waals surface area contributed by atoms with Gasteiger partial charge in [-0.05, 0) is 55.9 Å². The number of likely N-dealkylation sites (tertiary alicyclic amines) is 1. The highest BCUT2D eigenvalue weighted by molar-refractivity contribution is 5.89. The molecule has 120 valence electrons. The summed E-state index contributed by atoms with van der Waals surface area (Å²) in [6.07, 6.45) is 6.52. The van der Waals surface area contributed by atoms with Crippen LogP contribution in [-0.4, -0.2) is 30.6 Å². The van der Waals surface area contributed by atoms with Crippen molar-refractivity contribution in [2.75, 3.05) is 25.0 Å². The monoisotopic (exact) mass is 302 g/mol. The highest BCUT2D eigenvalue weighted by Gasteiger charge is 2.32. The Morgan fingerprint density at radius 2 is 1.91 bits per heavy atom. The molecular weight excluding hydrogens is 276 g/mol. The van der Waals surface area contributed by atoms with E-state index < -0.39 is 0 Å². The molecule has 0 bridgehead atoms. The third-order valence-corrected chi connectivity index (χ3v) is 5.00. The summed E-state index contributed by atoms with van der Waals surface area (Å²) in [6, 6.07) is 7.62. The number of fused-ring (bicyclic) bond motifs is 1. The van der Waals surface area contributed by atoms with Crippen LogP contribution in [0.25, 0.3) is 0 Å². The number of carbonyl (C=O) groups is 1. The molecule has 1 N–H and O–H groups in total. The first-order chi connectivity index (χ1) is 10.8. The van der Waals surface area contributed by atoms with Crippen LogP contribution in [0.1, 0.15) is 39.0 Å². The van der Waals surface area contributed by atoms with Crippen molar-refractivity contribution >= 4 is 11.7 Å². The smallest absolute Gasteiger partial charge is 0.321 e. The SMILES string of the molecule is CCOc1ccc(NC(=O)N2CC[C@H]3CCCC[C@@H]3C2)cc1. The third-order valence-electron chi connectivity index (χ3n) is 5.00. The number of rotatable bonds is 3. The van der Waals surface area contributed by atoms with Crippen molar-refractivity contribution in [1.82, 2.24) is 4.90 Å². The molecule has 22 heavy (non-hydrogen) atoms. The van der Waals surface area contributed by atoms with Crippen LogP contribution >= 0.6 is 0 Å². The molecule has 1 aliphatic heterocycles. The lowest BCUT2D eigenvalue weighted by molar-refractivity contribution is 0.108. The van der Waals surface area contributed by atoms with E-state index in [4.69, 9.17) is 4.74 Å². The van der Waals surface area contributed by atoms with E-state index in [9.17, 15) is 4.79 Å². The maximum atomic E-state index is 12.4. The largest absolute Gasteiger partial charge is 0.494 e. The van der Waals surface area contributed by atoms with E-state index in [1.165, 1.54) is 32.1 Å². The van der Waals surface area contributed by atoms with Crippen LogP contribution in [0.15, 0.2) is 24.3 Å². The van der Waals surface area contributed by atoms with E-state index in [0.29, 0.717) is 12.5 Å². The second-order valence-electron chi connectivity index (χ2n) is 6.43. The molecule has 0 aromatic heterocycles. The van der Waals surface area contributed by atoms with Crippen molar-refractivity contribution < 1.29 is 9.53 Å². The number of anilines is 1. The van der Waals surface area contributed by atoms with Crippen molar-refractivity contribution in [2.45, 2.75) is 39.0 Å². The summed E-state index contributed by atoms with van der Waals surface area (Å²) < 4.78 is 5.42. The molecule has 0 spiro atoms. The minimum Gasteiger partial charge on any atom is -0.494 e. The fraction of sp³-hybridized carbons (Fsp3) is 0.611. The van der Waals surface area contributed by atoms with Gasteiger partial charge in [-0.2, -0.15) is 0 Å². The Balaban J connectivity index is 1.55. The Bertz CT molecular complexity index is 500. The van der Waals surface area contributed by atoms with Crippen molar-refractivity contribution in [3.05, 3.63) is 24.3 Å². The minimum atomic E-state index is 0.0354. The van der Waals surface area contributed by atoms with Gasteiger partial charge in [-0.25, -0.2) is 4.79 Å². The van der Waals surface area contributed by atoms with Gasteiger partial charge in [0.2, 0.25) is 0 Å². The van der Waals surface area contributed by atoms with Gasteiger partial charge in [0.05, 0.1) is 6.61 Å². The number of urea groups is 1. The lowest BCUT2D eigenvalue weighted by Gasteiger charge is -2.41. The molecule has 3 rings (SSSR count). The first-order valence-electron chi connectivity index (χ1n) is 8.55. The molecule has 1 saturated carbocycles. The molecule has 1 heterocycles. The summed E-state index contributed by atoms with van der Waals surface area (Å²) in [5, 5.41) is 3.01. The maximum absolute atomic E-state index is 12.4. The molecule has 1 aliphatic carbocycles. The van der Waals surface area contributed by atoms with Crippen molar-refractivity contribution in [1.29, 1.82) is 0 Å². The number of amides is 2. The van der Waals surface area contributed by atoms with Gasteiger partial charge < -0.3 is 15.0 Å². The Kier molecular flexibility index (Phi) is 4.86. The second-order valence-corrected chi connectivity index (χ2v) is 6.43. The first kappa shape index (κ1) is 15.2. The maximum Gasteiger partial charge on any atom is 0.321 e. The molecule has 1 aromatic carbocycles. The molecule has 0 radical (unpaired) electrons. The summed E-state index contributed by atoms with van der Waals surface area (Å²) in [6.45, 7) is 4.43. The molecular formula is C18H26N2O2. The van der Waals surface area contributed by atoms with Crippen LogP contribution in [0.5, 0.6) is 5.75 Å². The fourth-order valence-corrected chi connectivity index (χ4v) is 3.79. The van der Waals surface area contributed by atoms with E-state index in [0.717, 1.165) is 30.4 Å². The van der Waals surface area contributed by atoms with E-state index in [-0.39, 0.29) is 6.03 Å². The summed E-state index contributed by atoms with van der Waals surface area (Å²) in [5.41, 5.74) is 0.833. The van der Waals surface area contributed by atoms with Gasteiger partial charge in [0.25, 0.3) is 0 Å². The number of benzene rings is 1.